The summed E-state index contributed by atoms with van der Waals surface area (Å²) >= 11 is 0. The molecule has 0 saturated heterocycles. The van der Waals surface area contributed by atoms with Crippen LogP contribution in [0.15, 0.2) is 24.3 Å². The summed E-state index contributed by atoms with van der Waals surface area (Å²) in [4.78, 5) is 12.3. The first-order valence-electron chi connectivity index (χ1n) is 8.09. The molecule has 4 heteroatoms. The summed E-state index contributed by atoms with van der Waals surface area (Å²) in [6.45, 7) is 3.78. The van der Waals surface area contributed by atoms with Gasteiger partial charge in [-0.3, -0.25) is 4.79 Å². The number of amides is 1. The molecule has 4 nitrogen and oxygen atoms in total. The maximum Gasteiger partial charge on any atom is 0.244 e. The molecule has 3 rings (SSSR count). The first-order valence-corrected chi connectivity index (χ1v) is 8.09. The lowest BCUT2D eigenvalue weighted by Gasteiger charge is -2.30. The van der Waals surface area contributed by atoms with Crippen molar-refractivity contribution in [3.05, 3.63) is 24.3 Å². The van der Waals surface area contributed by atoms with Crippen molar-refractivity contribution >= 4 is 17.3 Å². The lowest BCUT2D eigenvalue weighted by atomic mass is 9.82. The summed E-state index contributed by atoms with van der Waals surface area (Å²) in [5.41, 5.74) is 2.08. The van der Waals surface area contributed by atoms with E-state index in [0.29, 0.717) is 12.5 Å². The monoisotopic (exact) mass is 287 g/mol. The largest absolute Gasteiger partial charge is 0.381 e. The Balaban J connectivity index is 1.50. The molecule has 1 amide bonds. The molecule has 3 atom stereocenters. The normalized spacial score (nSPS) is 28.0. The van der Waals surface area contributed by atoms with Gasteiger partial charge in [0.1, 0.15) is 6.04 Å². The lowest BCUT2D eigenvalue weighted by molar-refractivity contribution is -0.121. The van der Waals surface area contributed by atoms with Gasteiger partial charge in [-0.2, -0.15) is 0 Å². The standard InChI is InChI=1S/C17H25N3O/c1-12-5-4-6-13(9-12)10-19-17(21)16-11-18-14-7-2-3-8-15(14)20-16/h2-3,7-8,12-13,16,18,20H,4-6,9-11H2,1H3,(H,19,21). The molecular formula is C17H25N3O. The van der Waals surface area contributed by atoms with E-state index in [1.54, 1.807) is 0 Å². The van der Waals surface area contributed by atoms with Crippen LogP contribution in [0.5, 0.6) is 0 Å². The van der Waals surface area contributed by atoms with E-state index < -0.39 is 0 Å². The predicted molar refractivity (Wildman–Crippen MR) is 86.5 cm³/mol. The van der Waals surface area contributed by atoms with Crippen molar-refractivity contribution in [3.8, 4) is 0 Å². The Kier molecular flexibility index (Phi) is 4.32. The van der Waals surface area contributed by atoms with Crippen LogP contribution in [0, 0.1) is 11.8 Å². The van der Waals surface area contributed by atoms with Gasteiger partial charge in [0, 0.05) is 13.1 Å². The van der Waals surface area contributed by atoms with Gasteiger partial charge in [-0.1, -0.05) is 31.9 Å². The summed E-state index contributed by atoms with van der Waals surface area (Å²) in [5, 5.41) is 9.77. The van der Waals surface area contributed by atoms with Crippen molar-refractivity contribution in [1.29, 1.82) is 0 Å². The van der Waals surface area contributed by atoms with E-state index in [9.17, 15) is 4.79 Å². The van der Waals surface area contributed by atoms with Gasteiger partial charge in [0.05, 0.1) is 11.4 Å². The van der Waals surface area contributed by atoms with Crippen LogP contribution < -0.4 is 16.0 Å². The molecule has 0 aromatic heterocycles. The number of hydrogen-bond donors (Lipinski definition) is 3. The van der Waals surface area contributed by atoms with Crippen molar-refractivity contribution < 1.29 is 4.79 Å². The summed E-state index contributed by atoms with van der Waals surface area (Å²) in [5.74, 6) is 1.57. The van der Waals surface area contributed by atoms with Gasteiger partial charge >= 0.3 is 0 Å². The minimum Gasteiger partial charge on any atom is -0.381 e. The van der Waals surface area contributed by atoms with E-state index in [1.165, 1.54) is 25.7 Å². The summed E-state index contributed by atoms with van der Waals surface area (Å²) in [6, 6.07) is 7.83. The molecule has 114 valence electrons. The second-order valence-electron chi connectivity index (χ2n) is 6.51. The molecule has 1 fully saturated rings. The minimum absolute atomic E-state index is 0.107. The summed E-state index contributed by atoms with van der Waals surface area (Å²) < 4.78 is 0. The maximum absolute atomic E-state index is 12.3. The SMILES string of the molecule is CC1CCCC(CNC(=O)C2CNc3ccccc3N2)C1. The molecule has 0 spiro atoms. The first-order chi connectivity index (χ1) is 10.2. The number of hydrogen-bond acceptors (Lipinski definition) is 3. The average molecular weight is 287 g/mol. The minimum atomic E-state index is -0.180. The van der Waals surface area contributed by atoms with E-state index in [0.717, 1.165) is 23.8 Å². The third-order valence-electron chi connectivity index (χ3n) is 4.68. The van der Waals surface area contributed by atoms with Gasteiger partial charge in [-0.15, -0.1) is 0 Å². The molecule has 1 aromatic carbocycles. The van der Waals surface area contributed by atoms with Crippen molar-refractivity contribution in [2.45, 2.75) is 38.6 Å². The average Bonchev–Trinajstić information content (AvgIpc) is 2.52. The molecule has 2 aliphatic rings. The number of fused-ring (bicyclic) bond motifs is 1. The molecule has 0 radical (unpaired) electrons. The number of carbonyl (C=O) groups is 1. The Hall–Kier alpha value is -1.71. The van der Waals surface area contributed by atoms with Gasteiger partial charge in [-0.05, 0) is 36.8 Å². The third kappa shape index (κ3) is 3.49. The number of anilines is 2. The van der Waals surface area contributed by atoms with Crippen molar-refractivity contribution in [1.82, 2.24) is 5.32 Å². The third-order valence-corrected chi connectivity index (χ3v) is 4.68. The number of nitrogens with one attached hydrogen (secondary N) is 3. The fourth-order valence-electron chi connectivity index (χ4n) is 3.49. The van der Waals surface area contributed by atoms with Crippen LogP contribution >= 0.6 is 0 Å². The maximum atomic E-state index is 12.3. The van der Waals surface area contributed by atoms with Crippen LogP contribution in [0.2, 0.25) is 0 Å². The highest BCUT2D eigenvalue weighted by molar-refractivity contribution is 5.88. The molecule has 1 heterocycles. The van der Waals surface area contributed by atoms with Gasteiger partial charge in [-0.25, -0.2) is 0 Å². The van der Waals surface area contributed by atoms with Crippen LogP contribution in [0.3, 0.4) is 0 Å². The van der Waals surface area contributed by atoms with Gasteiger partial charge in [0.15, 0.2) is 0 Å². The molecular weight excluding hydrogens is 262 g/mol. The van der Waals surface area contributed by atoms with E-state index in [4.69, 9.17) is 0 Å². The Labute approximate surface area is 126 Å². The first kappa shape index (κ1) is 14.2. The highest BCUT2D eigenvalue weighted by atomic mass is 16.2. The smallest absolute Gasteiger partial charge is 0.244 e. The Morgan fingerprint density at radius 3 is 2.90 bits per heavy atom. The number of para-hydroxylation sites is 2. The molecule has 1 aliphatic carbocycles. The van der Waals surface area contributed by atoms with Crippen LogP contribution in [0.1, 0.15) is 32.6 Å². The Morgan fingerprint density at radius 2 is 2.10 bits per heavy atom. The molecule has 1 aromatic rings. The van der Waals surface area contributed by atoms with Crippen LogP contribution in [-0.4, -0.2) is 25.0 Å². The van der Waals surface area contributed by atoms with Crippen molar-refractivity contribution in [3.63, 3.8) is 0 Å². The number of rotatable bonds is 3. The molecule has 1 aliphatic heterocycles. The summed E-state index contributed by atoms with van der Waals surface area (Å²) in [6.07, 6.45) is 5.15. The van der Waals surface area contributed by atoms with E-state index in [2.05, 4.69) is 22.9 Å². The van der Waals surface area contributed by atoms with Crippen LogP contribution in [-0.2, 0) is 4.79 Å². The Morgan fingerprint density at radius 1 is 1.29 bits per heavy atom. The zero-order valence-corrected chi connectivity index (χ0v) is 12.7. The fourth-order valence-corrected chi connectivity index (χ4v) is 3.49. The fraction of sp³-hybridized carbons (Fsp3) is 0.588. The van der Waals surface area contributed by atoms with Crippen molar-refractivity contribution in [2.75, 3.05) is 23.7 Å². The number of carbonyl (C=O) groups excluding carboxylic acids is 1. The van der Waals surface area contributed by atoms with E-state index in [1.807, 2.05) is 24.3 Å². The van der Waals surface area contributed by atoms with E-state index in [-0.39, 0.29) is 11.9 Å². The van der Waals surface area contributed by atoms with Crippen LogP contribution in [0.25, 0.3) is 0 Å². The second kappa shape index (κ2) is 6.37. The molecule has 3 unspecified atom stereocenters. The highest BCUT2D eigenvalue weighted by Crippen LogP contribution is 2.28. The molecule has 0 bridgehead atoms. The van der Waals surface area contributed by atoms with Crippen LogP contribution in [0.4, 0.5) is 11.4 Å². The lowest BCUT2D eigenvalue weighted by Crippen LogP contribution is -2.47. The zero-order chi connectivity index (χ0) is 14.7. The quantitative estimate of drug-likeness (QED) is 0.801. The zero-order valence-electron chi connectivity index (χ0n) is 12.7. The summed E-state index contributed by atoms with van der Waals surface area (Å²) in [7, 11) is 0. The van der Waals surface area contributed by atoms with E-state index >= 15 is 0 Å². The topological polar surface area (TPSA) is 53.2 Å². The van der Waals surface area contributed by atoms with Gasteiger partial charge in [0.25, 0.3) is 0 Å². The predicted octanol–water partition coefficient (Wildman–Crippen LogP) is 2.84. The molecule has 21 heavy (non-hydrogen) atoms. The highest BCUT2D eigenvalue weighted by Gasteiger charge is 2.25. The van der Waals surface area contributed by atoms with Gasteiger partial charge in [0.2, 0.25) is 5.91 Å². The molecule has 1 saturated carbocycles. The second-order valence-corrected chi connectivity index (χ2v) is 6.51. The van der Waals surface area contributed by atoms with Gasteiger partial charge < -0.3 is 16.0 Å². The van der Waals surface area contributed by atoms with Crippen molar-refractivity contribution in [2.24, 2.45) is 11.8 Å². The number of benzene rings is 1. The molecule has 3 N–H and O–H groups in total. The Bertz CT molecular complexity index is 503.